The molecule has 0 heterocycles. The summed E-state index contributed by atoms with van der Waals surface area (Å²) in [5.41, 5.74) is 1.53. The van der Waals surface area contributed by atoms with Gasteiger partial charge in [0.1, 0.15) is 0 Å². The number of rotatable bonds is 17. The Morgan fingerprint density at radius 2 is 1.15 bits per heavy atom. The molecule has 0 spiro atoms. The zero-order valence-corrected chi connectivity index (χ0v) is 18.6. The van der Waals surface area contributed by atoms with E-state index in [1.54, 1.807) is 0 Å². The lowest BCUT2D eigenvalue weighted by atomic mass is 10.1. The van der Waals surface area contributed by atoms with E-state index in [0.29, 0.717) is 0 Å². The van der Waals surface area contributed by atoms with Crippen molar-refractivity contribution in [1.82, 2.24) is 0 Å². The second-order valence-electron chi connectivity index (χ2n) is 8.03. The van der Waals surface area contributed by atoms with E-state index in [4.69, 9.17) is 0 Å². The molecule has 0 saturated carbocycles. The van der Waals surface area contributed by atoms with Crippen molar-refractivity contribution in [2.75, 3.05) is 12.3 Å². The van der Waals surface area contributed by atoms with Gasteiger partial charge in [0, 0.05) is 7.26 Å². The minimum Gasteiger partial charge on any atom is -0.0654 e. The normalized spacial score (nSPS) is 11.6. The van der Waals surface area contributed by atoms with Crippen molar-refractivity contribution in [2.24, 2.45) is 0 Å². The highest BCUT2D eigenvalue weighted by Gasteiger charge is 2.33. The van der Waals surface area contributed by atoms with Crippen molar-refractivity contribution in [2.45, 2.75) is 97.1 Å². The van der Waals surface area contributed by atoms with Crippen LogP contribution in [0.3, 0.4) is 0 Å². The average Bonchev–Trinajstić information content (AvgIpc) is 2.68. The zero-order chi connectivity index (χ0) is 18.9. The van der Waals surface area contributed by atoms with Crippen molar-refractivity contribution in [3.05, 3.63) is 48.3 Å². The topological polar surface area (TPSA) is 0 Å². The predicted octanol–water partition coefficient (Wildman–Crippen LogP) is 9.07. The molecule has 1 heteroatoms. The van der Waals surface area contributed by atoms with Gasteiger partial charge in [0.2, 0.25) is 0 Å². The van der Waals surface area contributed by atoms with E-state index in [0.717, 1.165) is 0 Å². The lowest BCUT2D eigenvalue weighted by Crippen LogP contribution is -2.05. The van der Waals surface area contributed by atoms with Gasteiger partial charge in [-0.15, -0.1) is 0 Å². The molecule has 148 valence electrons. The molecule has 1 aromatic rings. The Morgan fingerprint density at radius 3 is 1.62 bits per heavy atom. The molecule has 1 aromatic carbocycles. The largest absolute Gasteiger partial charge is 0.0884 e. The molecule has 0 atom stereocenters. The minimum atomic E-state index is -1.05. The summed E-state index contributed by atoms with van der Waals surface area (Å²) in [4.78, 5) is 0. The molecular weight excluding hydrogens is 331 g/mol. The molecule has 0 aliphatic carbocycles. The maximum absolute atomic E-state index is 4.34. The van der Waals surface area contributed by atoms with Gasteiger partial charge in [-0.1, -0.05) is 102 Å². The number of benzene rings is 1. The zero-order valence-electron chi connectivity index (χ0n) is 17.7. The highest BCUT2D eigenvalue weighted by molar-refractivity contribution is 7.78. The van der Waals surface area contributed by atoms with Crippen LogP contribution in [0.25, 0.3) is 0 Å². The van der Waals surface area contributed by atoms with E-state index >= 15 is 0 Å². The summed E-state index contributed by atoms with van der Waals surface area (Å²) in [5, 5.41) is 0. The van der Waals surface area contributed by atoms with Crippen molar-refractivity contribution in [3.8, 4) is 0 Å². The first-order chi connectivity index (χ1) is 12.8. The predicted molar refractivity (Wildman–Crippen MR) is 124 cm³/mol. The van der Waals surface area contributed by atoms with Crippen molar-refractivity contribution in [1.29, 1.82) is 0 Å². The highest BCUT2D eigenvalue weighted by atomic mass is 31.2. The molecule has 0 fully saturated rings. The van der Waals surface area contributed by atoms with E-state index in [1.165, 1.54) is 101 Å². The van der Waals surface area contributed by atoms with Crippen LogP contribution < -0.4 is 0 Å². The number of hydrogen-bond acceptors (Lipinski definition) is 0. The van der Waals surface area contributed by atoms with E-state index < -0.39 is 7.26 Å². The van der Waals surface area contributed by atoms with Gasteiger partial charge >= 0.3 is 0 Å². The van der Waals surface area contributed by atoms with E-state index in [-0.39, 0.29) is 0 Å². The van der Waals surface area contributed by atoms with Gasteiger partial charge in [-0.2, -0.15) is 0 Å². The molecule has 0 bridgehead atoms. The summed E-state index contributed by atoms with van der Waals surface area (Å²) in [7, 11) is -1.05. The van der Waals surface area contributed by atoms with Crippen LogP contribution in [0.2, 0.25) is 0 Å². The van der Waals surface area contributed by atoms with Crippen molar-refractivity contribution < 1.29 is 0 Å². The maximum Gasteiger partial charge on any atom is 0.0884 e. The standard InChI is InChI=1S/C25H44P/c1-4-7-9-11-13-18-22-26(6-3,23-19-14-12-10-8-5-2)24-25-20-16-15-17-21-25/h6,15-17,20-21H,3-5,7-14,18-19,22-24H2,1-2H3/q+1. The summed E-state index contributed by atoms with van der Waals surface area (Å²) in [5.74, 6) is 2.41. The lowest BCUT2D eigenvalue weighted by Gasteiger charge is -2.24. The van der Waals surface area contributed by atoms with Gasteiger partial charge in [0.05, 0.1) is 24.3 Å². The van der Waals surface area contributed by atoms with Crippen LogP contribution in [-0.4, -0.2) is 12.3 Å². The molecule has 0 aromatic heterocycles. The highest BCUT2D eigenvalue weighted by Crippen LogP contribution is 2.63. The first-order valence-corrected chi connectivity index (χ1v) is 13.7. The van der Waals surface area contributed by atoms with Gasteiger partial charge in [-0.3, -0.25) is 0 Å². The van der Waals surface area contributed by atoms with Crippen LogP contribution in [0.15, 0.2) is 42.7 Å². The Kier molecular flexibility index (Phi) is 13.9. The van der Waals surface area contributed by atoms with Crippen LogP contribution in [-0.2, 0) is 6.16 Å². The molecule has 0 unspecified atom stereocenters. The number of hydrogen-bond donors (Lipinski definition) is 0. The maximum atomic E-state index is 4.34. The smallest absolute Gasteiger partial charge is 0.0654 e. The van der Waals surface area contributed by atoms with E-state index in [2.05, 4.69) is 56.6 Å². The molecule has 0 aliphatic rings. The Hall–Kier alpha value is -0.610. The fourth-order valence-electron chi connectivity index (χ4n) is 3.88. The Bertz CT molecular complexity index is 421. The molecule has 0 nitrogen and oxygen atoms in total. The van der Waals surface area contributed by atoms with Gasteiger partial charge in [-0.05, 0) is 31.2 Å². The molecule has 0 amide bonds. The SMILES string of the molecule is C=C[P+](CCCCCCCC)(CCCCCCCC)Cc1ccccc1. The van der Waals surface area contributed by atoms with Gasteiger partial charge in [0.15, 0.2) is 0 Å². The molecule has 0 N–H and O–H groups in total. The summed E-state index contributed by atoms with van der Waals surface area (Å²) in [6.07, 6.45) is 21.0. The average molecular weight is 376 g/mol. The second kappa shape index (κ2) is 15.4. The van der Waals surface area contributed by atoms with Gasteiger partial charge in [-0.25, -0.2) is 0 Å². The first-order valence-electron chi connectivity index (χ1n) is 11.3. The Labute approximate surface area is 165 Å². The van der Waals surface area contributed by atoms with Crippen LogP contribution in [0.5, 0.6) is 0 Å². The molecule has 1 rings (SSSR count). The summed E-state index contributed by atoms with van der Waals surface area (Å²) >= 11 is 0. The summed E-state index contributed by atoms with van der Waals surface area (Å²) in [6, 6.07) is 11.2. The minimum absolute atomic E-state index is 1.05. The summed E-state index contributed by atoms with van der Waals surface area (Å²) in [6.45, 7) is 8.94. The molecule has 0 aliphatic heterocycles. The number of unbranched alkanes of at least 4 members (excludes halogenated alkanes) is 10. The van der Waals surface area contributed by atoms with Gasteiger partial charge < -0.3 is 0 Å². The Morgan fingerprint density at radius 1 is 0.692 bits per heavy atom. The van der Waals surface area contributed by atoms with E-state index in [9.17, 15) is 0 Å². The Balaban J connectivity index is 2.52. The summed E-state index contributed by atoms with van der Waals surface area (Å²) < 4.78 is 0. The fourth-order valence-corrected chi connectivity index (χ4v) is 7.56. The quantitative estimate of drug-likeness (QED) is 0.188. The molecule has 26 heavy (non-hydrogen) atoms. The molecule has 0 saturated heterocycles. The monoisotopic (exact) mass is 375 g/mol. The second-order valence-corrected chi connectivity index (χ2v) is 12.0. The van der Waals surface area contributed by atoms with Crippen LogP contribution in [0, 0.1) is 0 Å². The van der Waals surface area contributed by atoms with Gasteiger partial charge in [0.25, 0.3) is 0 Å². The van der Waals surface area contributed by atoms with Crippen molar-refractivity contribution >= 4 is 7.26 Å². The molecular formula is C25H44P+. The molecule has 0 radical (unpaired) electrons. The lowest BCUT2D eigenvalue weighted by molar-refractivity contribution is 0.621. The van der Waals surface area contributed by atoms with E-state index in [1.807, 2.05) is 0 Å². The third-order valence-corrected chi connectivity index (χ3v) is 9.82. The van der Waals surface area contributed by atoms with Crippen LogP contribution in [0.1, 0.15) is 96.5 Å². The third-order valence-electron chi connectivity index (χ3n) is 5.64. The fraction of sp³-hybridized carbons (Fsp3) is 0.680. The first kappa shape index (κ1) is 23.4. The third kappa shape index (κ3) is 10.5. The van der Waals surface area contributed by atoms with Crippen molar-refractivity contribution in [3.63, 3.8) is 0 Å². The van der Waals surface area contributed by atoms with Crippen LogP contribution >= 0.6 is 7.26 Å². The van der Waals surface area contributed by atoms with Crippen LogP contribution in [0.4, 0.5) is 0 Å².